The van der Waals surface area contributed by atoms with Crippen LogP contribution in [0.5, 0.6) is 0 Å². The van der Waals surface area contributed by atoms with Crippen LogP contribution in [0.3, 0.4) is 0 Å². The number of likely N-dealkylation sites (tertiary alicyclic amines) is 1. The summed E-state index contributed by atoms with van der Waals surface area (Å²) in [5.74, 6) is 2.52. The summed E-state index contributed by atoms with van der Waals surface area (Å²) in [5.41, 5.74) is 2.56. The molecule has 33 heavy (non-hydrogen) atoms. The lowest BCUT2D eigenvalue weighted by molar-refractivity contribution is 0.245. The van der Waals surface area contributed by atoms with Crippen molar-refractivity contribution in [3.63, 3.8) is 0 Å². The second-order valence-electron chi connectivity index (χ2n) is 8.71. The van der Waals surface area contributed by atoms with Crippen LogP contribution in [-0.2, 0) is 13.6 Å². The largest absolute Gasteiger partial charge is 0.354 e. The fourth-order valence-corrected chi connectivity index (χ4v) is 4.30. The first kappa shape index (κ1) is 23.0. The molecule has 2 unspecified atom stereocenters. The van der Waals surface area contributed by atoms with Gasteiger partial charge in [-0.1, -0.05) is 60.7 Å². The van der Waals surface area contributed by atoms with E-state index < -0.39 is 0 Å². The monoisotopic (exact) mass is 445 g/mol. The first-order valence-electron chi connectivity index (χ1n) is 11.9. The van der Waals surface area contributed by atoms with Crippen LogP contribution >= 0.6 is 0 Å². The summed E-state index contributed by atoms with van der Waals surface area (Å²) < 4.78 is 1.98. The zero-order valence-electron chi connectivity index (χ0n) is 19.9. The van der Waals surface area contributed by atoms with E-state index in [-0.39, 0.29) is 6.04 Å². The van der Waals surface area contributed by atoms with E-state index in [9.17, 15) is 0 Å². The second-order valence-corrected chi connectivity index (χ2v) is 8.71. The maximum Gasteiger partial charge on any atom is 0.192 e. The molecule has 3 aromatic rings. The van der Waals surface area contributed by atoms with Crippen molar-refractivity contribution < 1.29 is 0 Å². The summed E-state index contributed by atoms with van der Waals surface area (Å²) in [6.07, 6.45) is 2.53. The molecule has 4 rings (SSSR count). The van der Waals surface area contributed by atoms with Gasteiger partial charge in [0.2, 0.25) is 0 Å². The van der Waals surface area contributed by atoms with Crippen LogP contribution in [0.1, 0.15) is 54.6 Å². The van der Waals surface area contributed by atoms with Crippen molar-refractivity contribution >= 4 is 5.96 Å². The van der Waals surface area contributed by atoms with E-state index in [1.165, 1.54) is 24.0 Å². The molecule has 2 atom stereocenters. The summed E-state index contributed by atoms with van der Waals surface area (Å²) in [7, 11) is 1.98. The summed E-state index contributed by atoms with van der Waals surface area (Å²) in [6, 6.07) is 21.7. The van der Waals surface area contributed by atoms with Gasteiger partial charge < -0.3 is 15.2 Å². The number of aliphatic imine (C=N–C) groups is 1. The molecular weight excluding hydrogens is 410 g/mol. The van der Waals surface area contributed by atoms with Crippen molar-refractivity contribution in [2.45, 2.75) is 45.3 Å². The lowest BCUT2D eigenvalue weighted by Crippen LogP contribution is -2.43. The third-order valence-corrected chi connectivity index (χ3v) is 6.44. The van der Waals surface area contributed by atoms with E-state index in [0.717, 1.165) is 37.2 Å². The molecule has 174 valence electrons. The predicted molar refractivity (Wildman–Crippen MR) is 133 cm³/mol. The SMILES string of the molecule is Cc1nnc(CN=C(NCC(c2ccccc2)N2CCCC2)NC(C)c2ccccc2)n1C. The van der Waals surface area contributed by atoms with Gasteiger partial charge in [-0.2, -0.15) is 0 Å². The number of nitrogens with zero attached hydrogens (tertiary/aromatic N) is 5. The van der Waals surface area contributed by atoms with Crippen LogP contribution in [-0.4, -0.2) is 45.3 Å². The topological polar surface area (TPSA) is 70.4 Å². The van der Waals surface area contributed by atoms with E-state index >= 15 is 0 Å². The van der Waals surface area contributed by atoms with Crippen molar-refractivity contribution in [2.24, 2.45) is 12.0 Å². The fourth-order valence-electron chi connectivity index (χ4n) is 4.30. The molecule has 1 aliphatic heterocycles. The van der Waals surface area contributed by atoms with Gasteiger partial charge in [0.25, 0.3) is 0 Å². The molecule has 2 aromatic carbocycles. The fraction of sp³-hybridized carbons (Fsp3) is 0.423. The van der Waals surface area contributed by atoms with E-state index in [0.29, 0.717) is 12.6 Å². The molecule has 1 fully saturated rings. The van der Waals surface area contributed by atoms with Crippen LogP contribution in [0.25, 0.3) is 0 Å². The van der Waals surface area contributed by atoms with E-state index in [1.807, 2.05) is 24.6 Å². The molecule has 7 nitrogen and oxygen atoms in total. The molecule has 0 amide bonds. The molecule has 0 bridgehead atoms. The summed E-state index contributed by atoms with van der Waals surface area (Å²) in [6.45, 7) is 7.65. The standard InChI is InChI=1S/C26H35N7/c1-20(22-12-6-4-7-13-22)29-26(28-19-25-31-30-21(2)32(25)3)27-18-24(33-16-10-11-17-33)23-14-8-5-9-15-23/h4-9,12-15,20,24H,10-11,16-19H2,1-3H3,(H2,27,28,29). The smallest absolute Gasteiger partial charge is 0.192 e. The van der Waals surface area contributed by atoms with Gasteiger partial charge in [-0.3, -0.25) is 4.90 Å². The Labute approximate surface area is 197 Å². The average Bonchev–Trinajstić information content (AvgIpc) is 3.49. The van der Waals surface area contributed by atoms with Crippen LogP contribution < -0.4 is 10.6 Å². The third-order valence-electron chi connectivity index (χ3n) is 6.44. The van der Waals surface area contributed by atoms with Crippen molar-refractivity contribution in [3.05, 3.63) is 83.4 Å². The number of rotatable bonds is 8. The maximum absolute atomic E-state index is 4.88. The number of guanidine groups is 1. The Balaban J connectivity index is 1.52. The molecule has 0 radical (unpaired) electrons. The Kier molecular flexibility index (Phi) is 7.73. The zero-order valence-corrected chi connectivity index (χ0v) is 19.9. The van der Waals surface area contributed by atoms with Gasteiger partial charge in [0.15, 0.2) is 11.8 Å². The van der Waals surface area contributed by atoms with Crippen LogP contribution in [0.4, 0.5) is 0 Å². The lowest BCUT2D eigenvalue weighted by atomic mass is 10.1. The normalized spacial score (nSPS) is 16.5. The Morgan fingerprint density at radius 3 is 2.21 bits per heavy atom. The molecule has 1 aromatic heterocycles. The van der Waals surface area contributed by atoms with Gasteiger partial charge in [-0.15, -0.1) is 10.2 Å². The molecule has 2 N–H and O–H groups in total. The Morgan fingerprint density at radius 1 is 0.970 bits per heavy atom. The molecule has 2 heterocycles. The minimum Gasteiger partial charge on any atom is -0.354 e. The van der Waals surface area contributed by atoms with Gasteiger partial charge >= 0.3 is 0 Å². The number of benzene rings is 2. The van der Waals surface area contributed by atoms with Gasteiger partial charge in [0.1, 0.15) is 12.4 Å². The zero-order chi connectivity index (χ0) is 23.0. The highest BCUT2D eigenvalue weighted by atomic mass is 15.3. The van der Waals surface area contributed by atoms with Crippen LogP contribution in [0.2, 0.25) is 0 Å². The Bertz CT molecular complexity index is 1020. The van der Waals surface area contributed by atoms with E-state index in [2.05, 4.69) is 87.3 Å². The highest BCUT2D eigenvalue weighted by Gasteiger charge is 2.23. The quantitative estimate of drug-likeness (QED) is 0.408. The van der Waals surface area contributed by atoms with Crippen LogP contribution in [0.15, 0.2) is 65.7 Å². The summed E-state index contributed by atoms with van der Waals surface area (Å²) in [4.78, 5) is 7.45. The lowest BCUT2D eigenvalue weighted by Gasteiger charge is -2.29. The predicted octanol–water partition coefficient (Wildman–Crippen LogP) is 3.76. The molecule has 0 spiro atoms. The first-order chi connectivity index (χ1) is 16.1. The number of nitrogens with one attached hydrogen (secondary N) is 2. The van der Waals surface area contributed by atoms with Gasteiger partial charge in [0, 0.05) is 13.6 Å². The molecular formula is C26H35N7. The molecule has 0 aliphatic carbocycles. The van der Waals surface area contributed by atoms with Gasteiger partial charge in [0.05, 0.1) is 12.1 Å². The molecule has 0 saturated carbocycles. The van der Waals surface area contributed by atoms with Gasteiger partial charge in [-0.25, -0.2) is 4.99 Å². The van der Waals surface area contributed by atoms with E-state index in [1.54, 1.807) is 0 Å². The molecule has 7 heteroatoms. The highest BCUT2D eigenvalue weighted by Crippen LogP contribution is 2.24. The third kappa shape index (κ3) is 5.99. The van der Waals surface area contributed by atoms with Crippen molar-refractivity contribution in [3.8, 4) is 0 Å². The highest BCUT2D eigenvalue weighted by molar-refractivity contribution is 5.80. The number of aromatic nitrogens is 3. The molecule has 1 aliphatic rings. The Hall–Kier alpha value is -3.19. The summed E-state index contributed by atoms with van der Waals surface area (Å²) >= 11 is 0. The number of aryl methyl sites for hydroxylation is 1. The maximum atomic E-state index is 4.88. The minimum atomic E-state index is 0.126. The van der Waals surface area contributed by atoms with Gasteiger partial charge in [-0.05, 0) is 50.9 Å². The van der Waals surface area contributed by atoms with Crippen molar-refractivity contribution in [1.29, 1.82) is 0 Å². The summed E-state index contributed by atoms with van der Waals surface area (Å²) in [5, 5.41) is 15.7. The molecule has 1 saturated heterocycles. The first-order valence-corrected chi connectivity index (χ1v) is 11.9. The minimum absolute atomic E-state index is 0.126. The van der Waals surface area contributed by atoms with Crippen molar-refractivity contribution in [1.82, 2.24) is 30.3 Å². The van der Waals surface area contributed by atoms with Crippen LogP contribution in [0, 0.1) is 6.92 Å². The van der Waals surface area contributed by atoms with Crippen molar-refractivity contribution in [2.75, 3.05) is 19.6 Å². The Morgan fingerprint density at radius 2 is 1.61 bits per heavy atom. The average molecular weight is 446 g/mol. The second kappa shape index (κ2) is 11.1. The number of hydrogen-bond donors (Lipinski definition) is 2. The van der Waals surface area contributed by atoms with E-state index in [4.69, 9.17) is 4.99 Å². The number of hydrogen-bond acceptors (Lipinski definition) is 4.